The number of hydrogen-bond donors (Lipinski definition) is 2. The molecule has 2 amide bonds. The largest absolute Gasteiger partial charge is 0.366 e. The molecule has 2 aliphatic heterocycles. The third-order valence-electron chi connectivity index (χ3n) is 4.88. The van der Waals surface area contributed by atoms with E-state index in [1.165, 1.54) is 0 Å². The lowest BCUT2D eigenvalue weighted by atomic mass is 10.0. The molecule has 0 spiro atoms. The van der Waals surface area contributed by atoms with Gasteiger partial charge in [-0.2, -0.15) is 10.2 Å². The summed E-state index contributed by atoms with van der Waals surface area (Å²) in [6.07, 6.45) is 10.5. The lowest BCUT2D eigenvalue weighted by Gasteiger charge is -2.19. The summed E-state index contributed by atoms with van der Waals surface area (Å²) >= 11 is 0. The van der Waals surface area contributed by atoms with Crippen LogP contribution in [0.5, 0.6) is 0 Å². The molecule has 3 rings (SSSR count). The minimum Gasteiger partial charge on any atom is -0.366 e. The smallest absolute Gasteiger partial charge is 0.250 e. The summed E-state index contributed by atoms with van der Waals surface area (Å²) in [7, 11) is 0. The van der Waals surface area contributed by atoms with Gasteiger partial charge in [-0.3, -0.25) is 9.59 Å². The van der Waals surface area contributed by atoms with Crippen LogP contribution in [0, 0.1) is 12.3 Å². The highest BCUT2D eigenvalue weighted by molar-refractivity contribution is 5.94. The molecule has 0 bridgehead atoms. The molecule has 0 radical (unpaired) electrons. The monoisotopic (exact) mass is 341 g/mol. The molecule has 0 saturated carbocycles. The van der Waals surface area contributed by atoms with E-state index in [2.05, 4.69) is 26.0 Å². The number of nitrogens with one attached hydrogen (secondary N) is 1. The normalized spacial score (nSPS) is 16.8. The van der Waals surface area contributed by atoms with E-state index in [0.717, 1.165) is 37.2 Å². The highest BCUT2D eigenvalue weighted by atomic mass is 16.2. The van der Waals surface area contributed by atoms with Crippen LogP contribution < -0.4 is 11.1 Å². The first kappa shape index (κ1) is 17.2. The molecule has 3 heterocycles. The van der Waals surface area contributed by atoms with Crippen LogP contribution in [0.4, 0.5) is 0 Å². The van der Waals surface area contributed by atoms with Gasteiger partial charge in [-0.25, -0.2) is 0 Å². The fourth-order valence-electron chi connectivity index (χ4n) is 3.38. The molecular formula is C18H23N5O2. The number of nitrogens with two attached hydrogens (primary N) is 1. The van der Waals surface area contributed by atoms with E-state index >= 15 is 0 Å². The number of carbonyl (C=O) groups excluding carboxylic acids is 2. The minimum atomic E-state index is -0.433. The van der Waals surface area contributed by atoms with Gasteiger partial charge < -0.3 is 15.6 Å². The molecule has 0 aromatic carbocycles. The second kappa shape index (κ2) is 7.09. The van der Waals surface area contributed by atoms with Gasteiger partial charge in [0.15, 0.2) is 5.66 Å². The third kappa shape index (κ3) is 3.90. The van der Waals surface area contributed by atoms with Gasteiger partial charge in [-0.1, -0.05) is 0 Å². The van der Waals surface area contributed by atoms with E-state index in [0.29, 0.717) is 37.8 Å². The molecule has 0 aliphatic carbocycles. The second-order valence-corrected chi connectivity index (χ2v) is 6.63. The Morgan fingerprint density at radius 2 is 2.16 bits per heavy atom. The van der Waals surface area contributed by atoms with Gasteiger partial charge in [-0.15, -0.1) is 12.3 Å². The van der Waals surface area contributed by atoms with Gasteiger partial charge in [0.2, 0.25) is 5.91 Å². The summed E-state index contributed by atoms with van der Waals surface area (Å²) in [5.41, 5.74) is 7.54. The van der Waals surface area contributed by atoms with Crippen LogP contribution in [-0.2, 0) is 24.3 Å². The first-order chi connectivity index (χ1) is 12.0. The Morgan fingerprint density at radius 1 is 1.36 bits per heavy atom. The summed E-state index contributed by atoms with van der Waals surface area (Å²) in [4.78, 5) is 23.8. The number of primary amides is 1. The average molecular weight is 341 g/mol. The number of aromatic nitrogens is 1. The second-order valence-electron chi connectivity index (χ2n) is 6.63. The van der Waals surface area contributed by atoms with E-state index in [9.17, 15) is 9.59 Å². The minimum absolute atomic E-state index is 0.0515. The van der Waals surface area contributed by atoms with Crippen molar-refractivity contribution in [2.24, 2.45) is 16.0 Å². The zero-order valence-electron chi connectivity index (χ0n) is 14.3. The highest BCUT2D eigenvalue weighted by Crippen LogP contribution is 2.37. The van der Waals surface area contributed by atoms with Crippen LogP contribution in [0.25, 0.3) is 0 Å². The molecule has 7 nitrogen and oxygen atoms in total. The van der Waals surface area contributed by atoms with E-state index < -0.39 is 11.6 Å². The molecular weight excluding hydrogens is 318 g/mol. The summed E-state index contributed by atoms with van der Waals surface area (Å²) in [5.74, 6) is 2.12. The van der Waals surface area contributed by atoms with Gasteiger partial charge in [0.05, 0.1) is 12.1 Å². The number of hydrogen-bond acceptors (Lipinski definition) is 4. The van der Waals surface area contributed by atoms with Gasteiger partial charge >= 0.3 is 0 Å². The Morgan fingerprint density at radius 3 is 2.84 bits per heavy atom. The zero-order chi connectivity index (χ0) is 17.9. The SMILES string of the molecule is C#CCCC1(CCC(=O)NCc2cc(C(N)=O)c3n2CCCC3)N=N1. The van der Waals surface area contributed by atoms with Crippen LogP contribution in [0.15, 0.2) is 16.3 Å². The van der Waals surface area contributed by atoms with Crippen LogP contribution in [0.1, 0.15) is 60.3 Å². The zero-order valence-corrected chi connectivity index (χ0v) is 14.3. The Hall–Kier alpha value is -2.62. The third-order valence-corrected chi connectivity index (χ3v) is 4.88. The molecule has 0 unspecified atom stereocenters. The van der Waals surface area contributed by atoms with Gasteiger partial charge in [0.1, 0.15) is 0 Å². The first-order valence-electron chi connectivity index (χ1n) is 8.70. The van der Waals surface area contributed by atoms with Crippen LogP contribution >= 0.6 is 0 Å². The Balaban J connectivity index is 1.54. The fraction of sp³-hybridized carbons (Fsp3) is 0.556. The fourth-order valence-corrected chi connectivity index (χ4v) is 3.38. The molecule has 7 heteroatoms. The van der Waals surface area contributed by atoms with Crippen LogP contribution in [0.3, 0.4) is 0 Å². The van der Waals surface area contributed by atoms with Crippen LogP contribution in [0.2, 0.25) is 0 Å². The average Bonchev–Trinajstić information content (AvgIpc) is 3.29. The Labute approximate surface area is 147 Å². The summed E-state index contributed by atoms with van der Waals surface area (Å²) < 4.78 is 2.11. The van der Waals surface area contributed by atoms with Crippen LogP contribution in [-0.4, -0.2) is 22.0 Å². The first-order valence-corrected chi connectivity index (χ1v) is 8.70. The van der Waals surface area contributed by atoms with Crippen molar-refractivity contribution in [3.05, 3.63) is 23.0 Å². The van der Waals surface area contributed by atoms with Crippen molar-refractivity contribution in [2.45, 2.75) is 63.7 Å². The molecule has 1 aromatic rings. The van der Waals surface area contributed by atoms with Crippen molar-refractivity contribution in [1.29, 1.82) is 0 Å². The molecule has 2 aliphatic rings. The lowest BCUT2D eigenvalue weighted by molar-refractivity contribution is -0.121. The number of rotatable bonds is 8. The van der Waals surface area contributed by atoms with Crippen molar-refractivity contribution in [3.63, 3.8) is 0 Å². The van der Waals surface area contributed by atoms with Crippen molar-refractivity contribution < 1.29 is 9.59 Å². The maximum Gasteiger partial charge on any atom is 0.250 e. The summed E-state index contributed by atoms with van der Waals surface area (Å²) in [5, 5.41) is 11.0. The van der Waals surface area contributed by atoms with E-state index in [1.54, 1.807) is 0 Å². The van der Waals surface area contributed by atoms with Crippen molar-refractivity contribution >= 4 is 11.8 Å². The molecule has 132 valence electrons. The van der Waals surface area contributed by atoms with Crippen molar-refractivity contribution in [1.82, 2.24) is 9.88 Å². The number of nitrogens with zero attached hydrogens (tertiary/aromatic N) is 3. The van der Waals surface area contributed by atoms with Gasteiger partial charge in [0.25, 0.3) is 5.91 Å². The summed E-state index contributed by atoms with van der Waals surface area (Å²) in [6, 6.07) is 1.81. The predicted molar refractivity (Wildman–Crippen MR) is 92.6 cm³/mol. The molecule has 1 aromatic heterocycles. The van der Waals surface area contributed by atoms with E-state index in [-0.39, 0.29) is 5.91 Å². The standard InChI is InChI=1S/C18H23N5O2/c1-2-3-8-18(21-22-18)9-7-16(24)20-12-13-11-14(17(19)25)15-6-4-5-10-23(13)15/h1,11H,3-10,12H2,(H2,19,25)(H,20,24). The quantitative estimate of drug-likeness (QED) is 0.705. The number of amides is 2. The van der Waals surface area contributed by atoms with E-state index in [1.807, 2.05) is 6.07 Å². The Bertz CT molecular complexity index is 750. The Kier molecular flexibility index (Phi) is 4.88. The van der Waals surface area contributed by atoms with E-state index in [4.69, 9.17) is 12.2 Å². The predicted octanol–water partition coefficient (Wildman–Crippen LogP) is 1.90. The number of carbonyl (C=O) groups is 2. The van der Waals surface area contributed by atoms with Gasteiger partial charge in [-0.05, 0) is 25.3 Å². The van der Waals surface area contributed by atoms with Gasteiger partial charge in [0, 0.05) is 43.6 Å². The number of terminal acetylenes is 1. The lowest BCUT2D eigenvalue weighted by Crippen LogP contribution is -2.26. The molecule has 0 fully saturated rings. The molecule has 0 saturated heterocycles. The van der Waals surface area contributed by atoms with Crippen molar-refractivity contribution in [3.8, 4) is 12.3 Å². The molecule has 3 N–H and O–H groups in total. The maximum absolute atomic E-state index is 12.1. The number of fused-ring (bicyclic) bond motifs is 1. The molecule has 25 heavy (non-hydrogen) atoms. The summed E-state index contributed by atoms with van der Waals surface area (Å²) in [6.45, 7) is 1.26. The maximum atomic E-state index is 12.1. The molecule has 0 atom stereocenters. The highest BCUT2D eigenvalue weighted by Gasteiger charge is 2.39. The van der Waals surface area contributed by atoms with Crippen molar-refractivity contribution in [2.75, 3.05) is 0 Å². The topological polar surface area (TPSA) is 102 Å².